The van der Waals surface area contributed by atoms with Crippen LogP contribution in [0, 0.1) is 0 Å². The zero-order valence-electron chi connectivity index (χ0n) is 25.8. The van der Waals surface area contributed by atoms with Gasteiger partial charge in [0, 0.05) is 48.3 Å². The fraction of sp³-hybridized carbons (Fsp3) is 0.0476. The number of hydrogen-bond acceptors (Lipinski definition) is 2. The maximum Gasteiger partial charge on any atom is 0.171 e. The monoisotopic (exact) mass is 645 g/mol. The van der Waals surface area contributed by atoms with Gasteiger partial charge in [-0.1, -0.05) is 127 Å². The van der Waals surface area contributed by atoms with Crippen molar-refractivity contribution < 1.29 is 9.13 Å². The van der Waals surface area contributed by atoms with Crippen LogP contribution in [0.15, 0.2) is 181 Å². The molecule has 1 unspecified atom stereocenters. The lowest BCUT2D eigenvalue weighted by Crippen LogP contribution is -2.24. The summed E-state index contributed by atoms with van der Waals surface area (Å²) in [6.45, 7) is 0. The quantitative estimate of drug-likeness (QED) is 0.162. The Bertz CT molecular complexity index is 2350. The third-order valence-electron chi connectivity index (χ3n) is 9.17. The van der Waals surface area contributed by atoms with Gasteiger partial charge in [-0.05, 0) is 61.4 Å². The van der Waals surface area contributed by atoms with Gasteiger partial charge < -0.3 is 13.7 Å². The normalized spacial score (nSPS) is 14.6. The third-order valence-corrected chi connectivity index (χ3v) is 15.3. The average Bonchev–Trinajstić information content (AvgIpc) is 3.49. The van der Waals surface area contributed by atoms with E-state index in [1.807, 2.05) is 127 Å². The molecule has 228 valence electrons. The van der Waals surface area contributed by atoms with Crippen LogP contribution in [0.1, 0.15) is 12.8 Å². The van der Waals surface area contributed by atoms with Crippen molar-refractivity contribution in [3.8, 4) is 5.69 Å². The smallest absolute Gasteiger partial charge is 0.171 e. The maximum atomic E-state index is 15.5. The first-order valence-corrected chi connectivity index (χ1v) is 19.4. The zero-order valence-corrected chi connectivity index (χ0v) is 27.6. The predicted octanol–water partition coefficient (Wildman–Crippen LogP) is 8.97. The van der Waals surface area contributed by atoms with Crippen LogP contribution in [-0.2, 0) is 9.13 Å². The standard InChI is InChI=1S/C42H33NO2P2/c44-46(33-18-8-2-9-19-33,34-20-10-3-11-21-34)37-26-28-41-39(30-37)40-31-38(27-29-42(40)43(41)32-16-6-1-7-17-32)47(45,35-22-12-4-13-23-35)36-24-14-5-15-25-36/h1-4,6-14,16-31H,5,15H2. The number of rotatable bonds is 7. The Labute approximate surface area is 275 Å². The van der Waals surface area contributed by atoms with Gasteiger partial charge in [0.25, 0.3) is 0 Å². The molecule has 5 heteroatoms. The van der Waals surface area contributed by atoms with E-state index in [1.54, 1.807) is 0 Å². The van der Waals surface area contributed by atoms with E-state index < -0.39 is 14.3 Å². The number of para-hydroxylation sites is 1. The molecule has 1 atom stereocenters. The van der Waals surface area contributed by atoms with Crippen LogP contribution < -0.4 is 26.5 Å². The Morgan fingerprint density at radius 2 is 0.894 bits per heavy atom. The van der Waals surface area contributed by atoms with Crippen molar-refractivity contribution in [3.63, 3.8) is 0 Å². The molecule has 3 nitrogen and oxygen atoms in total. The highest BCUT2D eigenvalue weighted by Crippen LogP contribution is 2.54. The molecule has 1 aliphatic carbocycles. The summed E-state index contributed by atoms with van der Waals surface area (Å²) in [4.78, 5) is 0. The first kappa shape index (κ1) is 29.5. The lowest BCUT2D eigenvalue weighted by Gasteiger charge is -2.22. The fourth-order valence-corrected chi connectivity index (χ4v) is 12.3. The summed E-state index contributed by atoms with van der Waals surface area (Å²) >= 11 is 0. The van der Waals surface area contributed by atoms with Crippen LogP contribution >= 0.6 is 14.3 Å². The highest BCUT2D eigenvalue weighted by molar-refractivity contribution is 7.85. The highest BCUT2D eigenvalue weighted by Gasteiger charge is 2.33. The second-order valence-corrected chi connectivity index (χ2v) is 17.4. The molecule has 7 aromatic rings. The Morgan fingerprint density at radius 3 is 1.36 bits per heavy atom. The molecule has 0 spiro atoms. The zero-order chi connectivity index (χ0) is 31.8. The van der Waals surface area contributed by atoms with E-state index in [0.717, 1.165) is 72.2 Å². The Morgan fingerprint density at radius 1 is 0.447 bits per heavy atom. The lowest BCUT2D eigenvalue weighted by molar-refractivity contribution is 0.590. The molecule has 0 bridgehead atoms. The number of allylic oxidation sites excluding steroid dienone is 4. The Kier molecular flexibility index (Phi) is 7.53. The van der Waals surface area contributed by atoms with Gasteiger partial charge in [0.05, 0.1) is 11.0 Å². The Hall–Kier alpha value is -4.94. The Balaban J connectivity index is 1.44. The van der Waals surface area contributed by atoms with Gasteiger partial charge in [-0.25, -0.2) is 0 Å². The number of hydrogen-bond donors (Lipinski definition) is 0. The van der Waals surface area contributed by atoms with Crippen LogP contribution in [0.25, 0.3) is 27.5 Å². The van der Waals surface area contributed by atoms with E-state index in [1.165, 1.54) is 0 Å². The predicted molar refractivity (Wildman–Crippen MR) is 200 cm³/mol. The number of aromatic nitrogens is 1. The van der Waals surface area contributed by atoms with Crippen molar-refractivity contribution in [2.24, 2.45) is 0 Å². The topological polar surface area (TPSA) is 39.1 Å². The van der Waals surface area contributed by atoms with Gasteiger partial charge in [0.1, 0.15) is 0 Å². The van der Waals surface area contributed by atoms with Gasteiger partial charge >= 0.3 is 0 Å². The molecule has 0 radical (unpaired) electrons. The molecule has 0 saturated carbocycles. The molecular weight excluding hydrogens is 612 g/mol. The van der Waals surface area contributed by atoms with Gasteiger partial charge in [-0.15, -0.1) is 0 Å². The summed E-state index contributed by atoms with van der Waals surface area (Å²) in [6, 6.07) is 52.2. The van der Waals surface area contributed by atoms with Crippen molar-refractivity contribution in [2.45, 2.75) is 12.8 Å². The summed E-state index contributed by atoms with van der Waals surface area (Å²) in [7, 11) is -6.39. The third kappa shape index (κ3) is 4.90. The van der Waals surface area contributed by atoms with Crippen LogP contribution in [0.2, 0.25) is 0 Å². The van der Waals surface area contributed by atoms with Crippen molar-refractivity contribution in [3.05, 3.63) is 181 Å². The van der Waals surface area contributed by atoms with Crippen LogP contribution in [-0.4, -0.2) is 4.57 Å². The number of nitrogens with zero attached hydrogens (tertiary/aromatic N) is 1. The first-order valence-electron chi connectivity index (χ1n) is 16.0. The first-order chi connectivity index (χ1) is 23.1. The molecule has 0 N–H and O–H groups in total. The van der Waals surface area contributed by atoms with Gasteiger partial charge in [0.2, 0.25) is 0 Å². The minimum atomic E-state index is -3.22. The molecule has 0 saturated heterocycles. The van der Waals surface area contributed by atoms with E-state index in [9.17, 15) is 0 Å². The van der Waals surface area contributed by atoms with E-state index in [2.05, 4.69) is 53.1 Å². The second-order valence-electron chi connectivity index (χ2n) is 11.9. The maximum absolute atomic E-state index is 15.5. The molecular formula is C42H33NO2P2. The number of benzene rings is 6. The van der Waals surface area contributed by atoms with E-state index in [0.29, 0.717) is 0 Å². The van der Waals surface area contributed by atoms with Crippen molar-refractivity contribution >= 4 is 62.6 Å². The molecule has 6 aromatic carbocycles. The lowest BCUT2D eigenvalue weighted by atomic mass is 10.1. The minimum Gasteiger partial charge on any atom is -0.309 e. The average molecular weight is 646 g/mol. The molecule has 0 aliphatic heterocycles. The summed E-state index contributed by atoms with van der Waals surface area (Å²) < 4.78 is 33.1. The highest BCUT2D eigenvalue weighted by atomic mass is 31.2. The van der Waals surface area contributed by atoms with Crippen molar-refractivity contribution in [1.29, 1.82) is 0 Å². The van der Waals surface area contributed by atoms with E-state index >= 15 is 9.13 Å². The minimum absolute atomic E-state index is 0.768. The molecule has 8 rings (SSSR count). The second kappa shape index (κ2) is 12.0. The molecule has 1 heterocycles. The van der Waals surface area contributed by atoms with Crippen LogP contribution in [0.4, 0.5) is 0 Å². The van der Waals surface area contributed by atoms with Gasteiger partial charge in [-0.2, -0.15) is 0 Å². The van der Waals surface area contributed by atoms with Crippen molar-refractivity contribution in [2.75, 3.05) is 0 Å². The molecule has 1 aromatic heterocycles. The molecule has 0 fully saturated rings. The summed E-state index contributed by atoms with van der Waals surface area (Å²) in [5, 5.41) is 6.80. The van der Waals surface area contributed by atoms with E-state index in [-0.39, 0.29) is 0 Å². The van der Waals surface area contributed by atoms with Crippen LogP contribution in [0.3, 0.4) is 0 Å². The van der Waals surface area contributed by atoms with Gasteiger partial charge in [0.15, 0.2) is 14.3 Å². The number of fused-ring (bicyclic) bond motifs is 3. The summed E-state index contributed by atoms with van der Waals surface area (Å²) in [5.74, 6) is 0. The summed E-state index contributed by atoms with van der Waals surface area (Å²) in [5.41, 5.74) is 3.05. The van der Waals surface area contributed by atoms with Crippen molar-refractivity contribution in [1.82, 2.24) is 4.57 Å². The largest absolute Gasteiger partial charge is 0.309 e. The fourth-order valence-electron chi connectivity index (χ4n) is 6.89. The van der Waals surface area contributed by atoms with Gasteiger partial charge in [-0.3, -0.25) is 0 Å². The van der Waals surface area contributed by atoms with Crippen LogP contribution in [0.5, 0.6) is 0 Å². The molecule has 0 amide bonds. The molecule has 1 aliphatic rings. The molecule has 47 heavy (non-hydrogen) atoms. The summed E-state index contributed by atoms with van der Waals surface area (Å²) in [6.07, 6.45) is 8.13. The van der Waals surface area contributed by atoms with E-state index in [4.69, 9.17) is 0 Å². The SMILES string of the molecule is O=P(C1=CCCC=C1)(c1ccccc1)c1ccc2c(c1)c1cc(P(=O)(c3ccccc3)c3ccccc3)ccc1n2-c1ccccc1.